The van der Waals surface area contributed by atoms with Crippen LogP contribution in [0.3, 0.4) is 0 Å². The predicted molar refractivity (Wildman–Crippen MR) is 79.9 cm³/mol. The maximum Gasteiger partial charge on any atom is 0.246 e. The molecule has 20 heavy (non-hydrogen) atoms. The van der Waals surface area contributed by atoms with Crippen LogP contribution < -0.4 is 0 Å². The summed E-state index contributed by atoms with van der Waals surface area (Å²) in [5, 5.41) is 0. The van der Waals surface area contributed by atoms with Crippen LogP contribution in [-0.4, -0.2) is 17.4 Å². The molecule has 1 amide bonds. The summed E-state index contributed by atoms with van der Waals surface area (Å²) in [6.45, 7) is 3.45. The van der Waals surface area contributed by atoms with Crippen molar-refractivity contribution in [2.24, 2.45) is 0 Å². The van der Waals surface area contributed by atoms with Gasteiger partial charge in [-0.25, -0.2) is 0 Å². The molecular weight excluding hydrogens is 250 g/mol. The lowest BCUT2D eigenvalue weighted by Gasteiger charge is -2.20. The number of nitrogens with zero attached hydrogens (tertiary/aromatic N) is 1. The highest BCUT2D eigenvalue weighted by molar-refractivity contribution is 5.91. The van der Waals surface area contributed by atoms with E-state index in [4.69, 9.17) is 4.42 Å². The smallest absolute Gasteiger partial charge is 0.246 e. The third kappa shape index (κ3) is 4.12. The van der Waals surface area contributed by atoms with Crippen LogP contribution in [0.25, 0.3) is 6.08 Å². The molecule has 1 heterocycles. The Kier molecular flexibility index (Phi) is 5.18. The van der Waals surface area contributed by atoms with Crippen molar-refractivity contribution in [2.45, 2.75) is 19.9 Å². The molecule has 0 aliphatic heterocycles. The van der Waals surface area contributed by atoms with Crippen molar-refractivity contribution in [3.05, 3.63) is 66.1 Å². The van der Waals surface area contributed by atoms with E-state index in [9.17, 15) is 4.79 Å². The van der Waals surface area contributed by atoms with Crippen molar-refractivity contribution in [2.75, 3.05) is 6.54 Å². The van der Waals surface area contributed by atoms with E-state index in [1.165, 1.54) is 0 Å². The second kappa shape index (κ2) is 7.34. The highest BCUT2D eigenvalue weighted by Crippen LogP contribution is 2.08. The van der Waals surface area contributed by atoms with Crippen molar-refractivity contribution in [1.29, 1.82) is 0 Å². The Hall–Kier alpha value is -2.29. The molecule has 2 rings (SSSR count). The van der Waals surface area contributed by atoms with Crippen molar-refractivity contribution in [3.63, 3.8) is 0 Å². The average molecular weight is 269 g/mol. The van der Waals surface area contributed by atoms with E-state index in [2.05, 4.69) is 6.92 Å². The fourth-order valence-electron chi connectivity index (χ4n) is 1.99. The van der Waals surface area contributed by atoms with Crippen LogP contribution in [0.1, 0.15) is 24.7 Å². The zero-order chi connectivity index (χ0) is 14.2. The quantitative estimate of drug-likeness (QED) is 0.749. The molecule has 3 heteroatoms. The lowest BCUT2D eigenvalue weighted by atomic mass is 10.2. The summed E-state index contributed by atoms with van der Waals surface area (Å²) in [5.41, 5.74) is 1.14. The van der Waals surface area contributed by atoms with E-state index in [0.29, 0.717) is 12.3 Å². The minimum absolute atomic E-state index is 0.00658. The number of carbonyl (C=O) groups is 1. The van der Waals surface area contributed by atoms with Gasteiger partial charge in [0.05, 0.1) is 6.26 Å². The van der Waals surface area contributed by atoms with Gasteiger partial charge in [-0.3, -0.25) is 4.79 Å². The van der Waals surface area contributed by atoms with Crippen molar-refractivity contribution in [1.82, 2.24) is 4.90 Å². The lowest BCUT2D eigenvalue weighted by molar-refractivity contribution is -0.126. The molecular formula is C17H19NO2. The maximum atomic E-state index is 12.2. The lowest BCUT2D eigenvalue weighted by Crippen LogP contribution is -2.29. The Morgan fingerprint density at radius 1 is 1.20 bits per heavy atom. The third-order valence-electron chi connectivity index (χ3n) is 2.95. The van der Waals surface area contributed by atoms with Gasteiger partial charge in [-0.2, -0.15) is 0 Å². The van der Waals surface area contributed by atoms with Crippen molar-refractivity contribution >= 4 is 12.0 Å². The first kappa shape index (κ1) is 14.1. The van der Waals surface area contributed by atoms with Crippen LogP contribution >= 0.6 is 0 Å². The Morgan fingerprint density at radius 3 is 2.65 bits per heavy atom. The van der Waals surface area contributed by atoms with E-state index < -0.39 is 0 Å². The topological polar surface area (TPSA) is 33.5 Å². The van der Waals surface area contributed by atoms with Gasteiger partial charge < -0.3 is 9.32 Å². The summed E-state index contributed by atoms with van der Waals surface area (Å²) in [7, 11) is 0. The second-order valence-electron chi connectivity index (χ2n) is 4.59. The van der Waals surface area contributed by atoms with Gasteiger partial charge >= 0.3 is 0 Å². The number of benzene rings is 1. The molecule has 0 saturated carbocycles. The second-order valence-corrected chi connectivity index (χ2v) is 4.59. The largest absolute Gasteiger partial charge is 0.465 e. The molecule has 3 nitrogen and oxygen atoms in total. The zero-order valence-electron chi connectivity index (χ0n) is 11.7. The molecule has 0 aliphatic carbocycles. The van der Waals surface area contributed by atoms with Gasteiger partial charge in [0.2, 0.25) is 5.91 Å². The van der Waals surface area contributed by atoms with E-state index in [1.54, 1.807) is 24.5 Å². The van der Waals surface area contributed by atoms with E-state index in [-0.39, 0.29) is 5.91 Å². The molecule has 0 unspecified atom stereocenters. The number of furan rings is 1. The van der Waals surface area contributed by atoms with Gasteiger partial charge in [-0.15, -0.1) is 0 Å². The standard InChI is InChI=1S/C17H19NO2/c1-2-12-18(14-15-7-4-3-5-8-15)17(19)11-10-16-9-6-13-20-16/h3-11,13H,2,12,14H2,1H3/b11-10+. The molecule has 0 bridgehead atoms. The summed E-state index contributed by atoms with van der Waals surface area (Å²) >= 11 is 0. The first-order chi connectivity index (χ1) is 9.79. The number of carbonyl (C=O) groups excluding carboxylic acids is 1. The molecule has 0 saturated heterocycles. The summed E-state index contributed by atoms with van der Waals surface area (Å²) in [6.07, 6.45) is 5.80. The average Bonchev–Trinajstić information content (AvgIpc) is 2.99. The van der Waals surface area contributed by atoms with Gasteiger partial charge in [0.1, 0.15) is 5.76 Å². The number of amides is 1. The first-order valence-electron chi connectivity index (χ1n) is 6.84. The minimum atomic E-state index is 0.00658. The van der Waals surface area contributed by atoms with Gasteiger partial charge in [0.25, 0.3) is 0 Å². The summed E-state index contributed by atoms with van der Waals surface area (Å²) in [5.74, 6) is 0.696. The third-order valence-corrected chi connectivity index (χ3v) is 2.95. The predicted octanol–water partition coefficient (Wildman–Crippen LogP) is 3.73. The first-order valence-corrected chi connectivity index (χ1v) is 6.84. The molecule has 2 aromatic rings. The normalized spacial score (nSPS) is 10.8. The van der Waals surface area contributed by atoms with E-state index in [1.807, 2.05) is 41.3 Å². The van der Waals surface area contributed by atoms with Gasteiger partial charge in [-0.05, 0) is 30.2 Å². The molecule has 0 radical (unpaired) electrons. The fourth-order valence-corrected chi connectivity index (χ4v) is 1.99. The van der Waals surface area contributed by atoms with Crippen LogP contribution in [0, 0.1) is 0 Å². The number of hydrogen-bond acceptors (Lipinski definition) is 2. The molecule has 1 aromatic carbocycles. The van der Waals surface area contributed by atoms with Gasteiger partial charge in [0.15, 0.2) is 0 Å². The van der Waals surface area contributed by atoms with Crippen molar-refractivity contribution < 1.29 is 9.21 Å². The zero-order valence-corrected chi connectivity index (χ0v) is 11.7. The Morgan fingerprint density at radius 2 is 2.00 bits per heavy atom. The van der Waals surface area contributed by atoms with Crippen molar-refractivity contribution in [3.8, 4) is 0 Å². The van der Waals surface area contributed by atoms with Gasteiger partial charge in [-0.1, -0.05) is 37.3 Å². The molecule has 0 atom stereocenters. The summed E-state index contributed by atoms with van der Waals surface area (Å²) in [4.78, 5) is 14.1. The van der Waals surface area contributed by atoms with Crippen LogP contribution in [0.2, 0.25) is 0 Å². The van der Waals surface area contributed by atoms with Gasteiger partial charge in [0, 0.05) is 19.2 Å². The maximum absolute atomic E-state index is 12.2. The molecule has 0 N–H and O–H groups in total. The van der Waals surface area contributed by atoms with E-state index in [0.717, 1.165) is 18.5 Å². The van der Waals surface area contributed by atoms with Crippen LogP contribution in [0.4, 0.5) is 0 Å². The van der Waals surface area contributed by atoms with Crippen LogP contribution in [0.5, 0.6) is 0 Å². The highest BCUT2D eigenvalue weighted by atomic mass is 16.3. The monoisotopic (exact) mass is 269 g/mol. The molecule has 1 aromatic heterocycles. The number of hydrogen-bond donors (Lipinski definition) is 0. The molecule has 0 spiro atoms. The molecule has 0 fully saturated rings. The fraction of sp³-hybridized carbons (Fsp3) is 0.235. The Labute approximate surface area is 119 Å². The number of rotatable bonds is 6. The molecule has 104 valence electrons. The Bertz CT molecular complexity index is 544. The van der Waals surface area contributed by atoms with E-state index >= 15 is 0 Å². The summed E-state index contributed by atoms with van der Waals surface area (Å²) < 4.78 is 5.18. The highest BCUT2D eigenvalue weighted by Gasteiger charge is 2.10. The van der Waals surface area contributed by atoms with Crippen LogP contribution in [0.15, 0.2) is 59.2 Å². The SMILES string of the molecule is CCCN(Cc1ccccc1)C(=O)/C=C/c1ccco1. The van der Waals surface area contributed by atoms with Crippen LogP contribution in [-0.2, 0) is 11.3 Å². The summed E-state index contributed by atoms with van der Waals surface area (Å²) in [6, 6.07) is 13.7. The Balaban J connectivity index is 2.02. The minimum Gasteiger partial charge on any atom is -0.465 e. The molecule has 0 aliphatic rings.